The molecule has 18 heavy (non-hydrogen) atoms. The van der Waals surface area contributed by atoms with Gasteiger partial charge in [-0.1, -0.05) is 5.16 Å². The van der Waals surface area contributed by atoms with E-state index in [-0.39, 0.29) is 0 Å². The van der Waals surface area contributed by atoms with Crippen LogP contribution in [0.5, 0.6) is 0 Å². The first kappa shape index (κ1) is 12.8. The van der Waals surface area contributed by atoms with Gasteiger partial charge in [0.1, 0.15) is 5.76 Å². The van der Waals surface area contributed by atoms with Gasteiger partial charge in [-0.05, 0) is 33.3 Å². The summed E-state index contributed by atoms with van der Waals surface area (Å²) in [6.45, 7) is 9.74. The molecule has 0 saturated carbocycles. The Morgan fingerprint density at radius 3 is 2.72 bits per heavy atom. The fraction of sp³-hybridized carbons (Fsp3) is 0.538. The number of nitrogens with zero attached hydrogens (tertiary/aromatic N) is 3. The number of hydrogen-bond acceptors (Lipinski definition) is 4. The number of nitrogens with one attached hydrogen (secondary N) is 1. The van der Waals surface area contributed by atoms with E-state index in [4.69, 9.17) is 4.52 Å². The molecule has 5 nitrogen and oxygen atoms in total. The minimum atomic E-state index is 0.345. The molecule has 0 spiro atoms. The van der Waals surface area contributed by atoms with Gasteiger partial charge in [0.15, 0.2) is 0 Å². The highest BCUT2D eigenvalue weighted by molar-refractivity contribution is 5.20. The minimum absolute atomic E-state index is 0.345. The van der Waals surface area contributed by atoms with Gasteiger partial charge in [-0.3, -0.25) is 4.68 Å². The van der Waals surface area contributed by atoms with E-state index in [0.29, 0.717) is 6.04 Å². The molecule has 2 heterocycles. The number of aryl methyl sites for hydroxylation is 3. The van der Waals surface area contributed by atoms with E-state index in [1.54, 1.807) is 0 Å². The van der Waals surface area contributed by atoms with E-state index < -0.39 is 0 Å². The van der Waals surface area contributed by atoms with Gasteiger partial charge in [0.05, 0.1) is 18.4 Å². The third-order valence-electron chi connectivity index (χ3n) is 3.03. The Hall–Kier alpha value is -1.62. The molecule has 2 rings (SSSR count). The molecule has 0 amide bonds. The van der Waals surface area contributed by atoms with Crippen molar-refractivity contribution in [1.29, 1.82) is 0 Å². The zero-order valence-electron chi connectivity index (χ0n) is 11.4. The van der Waals surface area contributed by atoms with Gasteiger partial charge >= 0.3 is 0 Å². The third-order valence-corrected chi connectivity index (χ3v) is 3.03. The topological polar surface area (TPSA) is 55.9 Å². The molecule has 0 unspecified atom stereocenters. The third kappa shape index (κ3) is 2.98. The molecular weight excluding hydrogens is 228 g/mol. The van der Waals surface area contributed by atoms with Gasteiger partial charge in [-0.15, -0.1) is 0 Å². The molecule has 1 atom stereocenters. The van der Waals surface area contributed by atoms with Crippen LogP contribution in [0, 0.1) is 20.8 Å². The van der Waals surface area contributed by atoms with Crippen molar-refractivity contribution >= 4 is 0 Å². The molecule has 0 aliphatic carbocycles. The lowest BCUT2D eigenvalue weighted by atomic mass is 10.2. The van der Waals surface area contributed by atoms with E-state index in [0.717, 1.165) is 30.1 Å². The summed E-state index contributed by atoms with van der Waals surface area (Å²) in [5.41, 5.74) is 3.30. The van der Waals surface area contributed by atoms with Gasteiger partial charge in [0, 0.05) is 24.3 Å². The van der Waals surface area contributed by atoms with Crippen molar-refractivity contribution in [3.63, 3.8) is 0 Å². The molecule has 0 saturated heterocycles. The maximum Gasteiger partial charge on any atom is 0.138 e. The molecule has 1 N–H and O–H groups in total. The largest absolute Gasteiger partial charge is 0.361 e. The van der Waals surface area contributed by atoms with Crippen molar-refractivity contribution in [3.8, 4) is 0 Å². The Balaban J connectivity index is 1.87. The molecule has 2 aromatic heterocycles. The Morgan fingerprint density at radius 1 is 1.39 bits per heavy atom. The van der Waals surface area contributed by atoms with Gasteiger partial charge in [-0.2, -0.15) is 5.10 Å². The highest BCUT2D eigenvalue weighted by Gasteiger charge is 2.10. The summed E-state index contributed by atoms with van der Waals surface area (Å²) in [5, 5.41) is 11.7. The molecule has 0 radical (unpaired) electrons. The van der Waals surface area contributed by atoms with Crippen LogP contribution in [0.4, 0.5) is 0 Å². The quantitative estimate of drug-likeness (QED) is 0.879. The second-order valence-corrected chi connectivity index (χ2v) is 4.82. The molecule has 5 heteroatoms. The first-order chi connectivity index (χ1) is 8.56. The van der Waals surface area contributed by atoms with Crippen molar-refractivity contribution < 1.29 is 4.52 Å². The van der Waals surface area contributed by atoms with Crippen LogP contribution in [-0.4, -0.2) is 21.0 Å². The van der Waals surface area contributed by atoms with E-state index >= 15 is 0 Å². The highest BCUT2D eigenvalue weighted by atomic mass is 16.5. The molecule has 0 aliphatic heterocycles. The van der Waals surface area contributed by atoms with E-state index in [1.807, 2.05) is 37.8 Å². The van der Waals surface area contributed by atoms with Crippen molar-refractivity contribution in [3.05, 3.63) is 35.0 Å². The average Bonchev–Trinajstić information content (AvgIpc) is 2.84. The standard InChI is InChI=1S/C13H20N4O/c1-9-5-15-17(7-9)8-10(2)14-6-13-11(3)16-18-12(13)4/h5,7,10,14H,6,8H2,1-4H3/t10-/m0/s1. The molecule has 0 aliphatic rings. The van der Waals surface area contributed by atoms with Gasteiger partial charge in [-0.25, -0.2) is 0 Å². The van der Waals surface area contributed by atoms with Crippen LogP contribution in [0.25, 0.3) is 0 Å². The molecule has 2 aromatic rings. The fourth-order valence-corrected chi connectivity index (χ4v) is 1.94. The van der Waals surface area contributed by atoms with Crippen LogP contribution < -0.4 is 5.32 Å². The normalized spacial score (nSPS) is 12.9. The van der Waals surface area contributed by atoms with Crippen molar-refractivity contribution in [2.45, 2.75) is 46.8 Å². The van der Waals surface area contributed by atoms with Gasteiger partial charge < -0.3 is 9.84 Å². The van der Waals surface area contributed by atoms with Crippen LogP contribution in [0.1, 0.15) is 29.5 Å². The van der Waals surface area contributed by atoms with Crippen molar-refractivity contribution in [2.24, 2.45) is 0 Å². The Labute approximate surface area is 107 Å². The summed E-state index contributed by atoms with van der Waals surface area (Å²) in [5.74, 6) is 0.891. The minimum Gasteiger partial charge on any atom is -0.361 e. The molecule has 0 fully saturated rings. The predicted molar refractivity (Wildman–Crippen MR) is 69.2 cm³/mol. The number of rotatable bonds is 5. The van der Waals surface area contributed by atoms with Crippen molar-refractivity contribution in [2.75, 3.05) is 0 Å². The smallest absolute Gasteiger partial charge is 0.138 e. The Bertz CT molecular complexity index is 495. The first-order valence-electron chi connectivity index (χ1n) is 6.20. The first-order valence-corrected chi connectivity index (χ1v) is 6.20. The van der Waals surface area contributed by atoms with Crippen molar-refractivity contribution in [1.82, 2.24) is 20.3 Å². The van der Waals surface area contributed by atoms with Crippen LogP contribution in [0.2, 0.25) is 0 Å². The van der Waals surface area contributed by atoms with E-state index in [9.17, 15) is 0 Å². The average molecular weight is 248 g/mol. The molecule has 0 aromatic carbocycles. The summed E-state index contributed by atoms with van der Waals surface area (Å²) in [6.07, 6.45) is 3.93. The van der Waals surface area contributed by atoms with Gasteiger partial charge in [0.25, 0.3) is 0 Å². The predicted octanol–water partition coefficient (Wildman–Crippen LogP) is 1.97. The summed E-state index contributed by atoms with van der Waals surface area (Å²) < 4.78 is 7.10. The van der Waals surface area contributed by atoms with Crippen LogP contribution >= 0.6 is 0 Å². The number of aromatic nitrogens is 3. The molecule has 0 bridgehead atoms. The Kier molecular flexibility index (Phi) is 3.81. The summed E-state index contributed by atoms with van der Waals surface area (Å²) >= 11 is 0. The van der Waals surface area contributed by atoms with Crippen LogP contribution in [0.3, 0.4) is 0 Å². The number of hydrogen-bond donors (Lipinski definition) is 1. The fourth-order valence-electron chi connectivity index (χ4n) is 1.94. The van der Waals surface area contributed by atoms with E-state index in [1.165, 1.54) is 5.56 Å². The van der Waals surface area contributed by atoms with Crippen LogP contribution in [-0.2, 0) is 13.1 Å². The maximum absolute atomic E-state index is 5.14. The van der Waals surface area contributed by atoms with Crippen LogP contribution in [0.15, 0.2) is 16.9 Å². The zero-order valence-corrected chi connectivity index (χ0v) is 11.4. The highest BCUT2D eigenvalue weighted by Crippen LogP contribution is 2.11. The molecule has 98 valence electrons. The SMILES string of the molecule is Cc1cnn(C[C@H](C)NCc2c(C)noc2C)c1. The van der Waals surface area contributed by atoms with Gasteiger partial charge in [0.2, 0.25) is 0 Å². The monoisotopic (exact) mass is 248 g/mol. The lowest BCUT2D eigenvalue weighted by Crippen LogP contribution is -2.30. The maximum atomic E-state index is 5.14. The lowest BCUT2D eigenvalue weighted by Gasteiger charge is -2.13. The summed E-state index contributed by atoms with van der Waals surface area (Å²) in [7, 11) is 0. The lowest BCUT2D eigenvalue weighted by molar-refractivity contribution is 0.390. The van der Waals surface area contributed by atoms with E-state index in [2.05, 4.69) is 22.5 Å². The Morgan fingerprint density at radius 2 is 2.17 bits per heavy atom. The molecular formula is C13H20N4O. The zero-order chi connectivity index (χ0) is 13.1. The second kappa shape index (κ2) is 5.35. The second-order valence-electron chi connectivity index (χ2n) is 4.82. The summed E-state index contributed by atoms with van der Waals surface area (Å²) in [4.78, 5) is 0. The summed E-state index contributed by atoms with van der Waals surface area (Å²) in [6, 6.07) is 0.345.